The molecule has 4 nitrogen and oxygen atoms in total. The van der Waals surface area contributed by atoms with E-state index < -0.39 is 0 Å². The summed E-state index contributed by atoms with van der Waals surface area (Å²) in [5.41, 5.74) is 1.20. The quantitative estimate of drug-likeness (QED) is 0.624. The second-order valence-electron chi connectivity index (χ2n) is 3.13. The van der Waals surface area contributed by atoms with E-state index in [2.05, 4.69) is 12.2 Å². The summed E-state index contributed by atoms with van der Waals surface area (Å²) in [6.07, 6.45) is 13.2. The molecule has 0 heterocycles. The summed E-state index contributed by atoms with van der Waals surface area (Å²) in [5.74, 6) is 0. The molecule has 0 bridgehead atoms. The summed E-state index contributed by atoms with van der Waals surface area (Å²) in [6.45, 7) is 6.00. The number of hydrogen-bond donors (Lipinski definition) is 0. The van der Waals surface area contributed by atoms with Gasteiger partial charge < -0.3 is 19.2 Å². The molecule has 22 heavy (non-hydrogen) atoms. The summed E-state index contributed by atoms with van der Waals surface area (Å²) >= 11 is 0. The van der Waals surface area contributed by atoms with Gasteiger partial charge in [-0.3, -0.25) is 12.4 Å². The number of benzene rings is 1. The van der Waals surface area contributed by atoms with Gasteiger partial charge in [-0.15, -0.1) is 12.8 Å². The Labute approximate surface area is 142 Å². The molecule has 0 spiro atoms. The van der Waals surface area contributed by atoms with Crippen LogP contribution in [0.2, 0.25) is 0 Å². The van der Waals surface area contributed by atoms with Gasteiger partial charge in [-0.05, 0) is 0 Å². The Hall–Kier alpha value is -2.10. The van der Waals surface area contributed by atoms with Crippen LogP contribution in [0, 0.1) is 6.08 Å². The van der Waals surface area contributed by atoms with E-state index in [9.17, 15) is 4.79 Å². The molecule has 5 heteroatoms. The Kier molecular flexibility index (Phi) is 40.1. The van der Waals surface area contributed by atoms with Crippen molar-refractivity contribution in [1.29, 1.82) is 0 Å². The van der Waals surface area contributed by atoms with Crippen LogP contribution < -0.4 is 0 Å². The molecule has 0 atom stereocenters. The molecule has 0 saturated carbocycles. The number of carbonyl (C=O) groups excluding carboxylic acids is 4. The van der Waals surface area contributed by atoms with E-state index in [-0.39, 0.29) is 17.1 Å². The zero-order valence-electron chi connectivity index (χ0n) is 12.3. The van der Waals surface area contributed by atoms with E-state index in [1.165, 1.54) is 5.56 Å². The van der Waals surface area contributed by atoms with Crippen molar-refractivity contribution < 1.29 is 36.2 Å². The molecular formula is C17H20FeO4. The predicted octanol–water partition coefficient (Wildman–Crippen LogP) is 2.48. The van der Waals surface area contributed by atoms with Crippen LogP contribution in [0.3, 0.4) is 0 Å². The van der Waals surface area contributed by atoms with Crippen molar-refractivity contribution >= 4 is 26.7 Å². The summed E-state index contributed by atoms with van der Waals surface area (Å²) in [6, 6.07) is 9.93. The fourth-order valence-electron chi connectivity index (χ4n) is 1.18. The molecular weight excluding hydrogens is 324 g/mol. The molecule has 0 radical (unpaired) electrons. The summed E-state index contributed by atoms with van der Waals surface area (Å²) < 4.78 is 0. The van der Waals surface area contributed by atoms with Gasteiger partial charge in [0.05, 0.1) is 0 Å². The van der Waals surface area contributed by atoms with E-state index in [0.717, 1.165) is 12.8 Å². The summed E-state index contributed by atoms with van der Waals surface area (Å²) in [5, 5.41) is 0. The van der Waals surface area contributed by atoms with Gasteiger partial charge in [-0.2, -0.15) is 6.08 Å². The third-order valence-corrected chi connectivity index (χ3v) is 1.94. The molecule has 0 unspecified atom stereocenters. The topological polar surface area (TPSA) is 68.3 Å². The Morgan fingerprint density at radius 2 is 1.55 bits per heavy atom. The predicted molar refractivity (Wildman–Crippen MR) is 83.4 cm³/mol. The second kappa shape index (κ2) is 31.3. The smallest absolute Gasteiger partial charge is 0.542 e. The average Bonchev–Trinajstić information content (AvgIpc) is 3.19. The zero-order valence-corrected chi connectivity index (χ0v) is 13.5. The van der Waals surface area contributed by atoms with Crippen molar-refractivity contribution in [3.8, 4) is 0 Å². The van der Waals surface area contributed by atoms with Crippen LogP contribution in [0.1, 0.15) is 18.4 Å². The SMILES string of the molecule is C=O.C=O.C=O.O=[C-]CCc1ccccc1.[C-]1=CC=CC1.[Fe+2]. The monoisotopic (exact) mass is 344 g/mol. The largest absolute Gasteiger partial charge is 2.00 e. The minimum absolute atomic E-state index is 0. The Bertz CT molecular complexity index is 363. The van der Waals surface area contributed by atoms with Crippen molar-refractivity contribution in [3.05, 3.63) is 60.2 Å². The Balaban J connectivity index is -0.000000115. The van der Waals surface area contributed by atoms with Crippen LogP contribution in [-0.2, 0) is 42.7 Å². The number of aryl methyl sites for hydroxylation is 1. The molecule has 0 fully saturated rings. The van der Waals surface area contributed by atoms with E-state index >= 15 is 0 Å². The average molecular weight is 344 g/mol. The maximum absolute atomic E-state index is 9.85. The first-order chi connectivity index (χ1) is 10.4. The minimum Gasteiger partial charge on any atom is -0.542 e. The summed E-state index contributed by atoms with van der Waals surface area (Å²) in [4.78, 5) is 33.9. The number of rotatable bonds is 3. The molecule has 1 aromatic rings. The molecule has 120 valence electrons. The summed E-state index contributed by atoms with van der Waals surface area (Å²) in [7, 11) is 0. The standard InChI is InChI=1S/C9H9O.C5H5.3CH2O.Fe/c10-8-4-7-9-5-2-1-3-6-9;1-2-4-5-3-1;3*1-2;/h1-3,5-6H,4,7H2;1-3H,4H2;3*1H2;/q2*-1;;;;+2. The van der Waals surface area contributed by atoms with Crippen molar-refractivity contribution in [2.45, 2.75) is 19.3 Å². The van der Waals surface area contributed by atoms with Crippen molar-refractivity contribution in [2.24, 2.45) is 0 Å². The first kappa shape index (κ1) is 28.1. The van der Waals surface area contributed by atoms with Gasteiger partial charge >= 0.3 is 17.1 Å². The first-order valence-electron chi connectivity index (χ1n) is 5.91. The van der Waals surface area contributed by atoms with Crippen LogP contribution in [0.4, 0.5) is 0 Å². The van der Waals surface area contributed by atoms with Gasteiger partial charge in [-0.25, -0.2) is 12.2 Å². The molecule has 0 N–H and O–H groups in total. The number of carbonyl (C=O) groups is 3. The number of hydrogen-bond acceptors (Lipinski definition) is 4. The first-order valence-corrected chi connectivity index (χ1v) is 5.91. The number of allylic oxidation sites excluding steroid dienone is 4. The molecule has 0 saturated heterocycles. The van der Waals surface area contributed by atoms with Crippen LogP contribution >= 0.6 is 0 Å². The molecule has 1 aromatic carbocycles. The van der Waals surface area contributed by atoms with Crippen LogP contribution in [0.25, 0.3) is 0 Å². The van der Waals surface area contributed by atoms with Gasteiger partial charge in [0, 0.05) is 0 Å². The van der Waals surface area contributed by atoms with Gasteiger partial charge in [0.2, 0.25) is 0 Å². The molecule has 1 aliphatic carbocycles. The molecule has 2 rings (SSSR count). The van der Waals surface area contributed by atoms with Crippen LogP contribution in [0.5, 0.6) is 0 Å². The molecule has 0 aromatic heterocycles. The maximum Gasteiger partial charge on any atom is 2.00 e. The van der Waals surface area contributed by atoms with Gasteiger partial charge in [0.15, 0.2) is 0 Å². The zero-order chi connectivity index (χ0) is 16.8. The third kappa shape index (κ3) is 23.0. The Morgan fingerprint density at radius 1 is 1.00 bits per heavy atom. The van der Waals surface area contributed by atoms with Gasteiger partial charge in [0.1, 0.15) is 20.4 Å². The molecule has 0 amide bonds. The molecule has 1 aliphatic rings. The van der Waals surface area contributed by atoms with E-state index in [1.807, 2.05) is 69.1 Å². The van der Waals surface area contributed by atoms with Crippen molar-refractivity contribution in [1.82, 2.24) is 0 Å². The molecule has 0 aliphatic heterocycles. The van der Waals surface area contributed by atoms with Crippen molar-refractivity contribution in [3.63, 3.8) is 0 Å². The van der Waals surface area contributed by atoms with Gasteiger partial charge in [-0.1, -0.05) is 42.3 Å². The normalized spacial score (nSPS) is 8.73. The van der Waals surface area contributed by atoms with Gasteiger partial charge in [0.25, 0.3) is 0 Å². The third-order valence-electron chi connectivity index (χ3n) is 1.94. The van der Waals surface area contributed by atoms with Crippen LogP contribution in [0.15, 0.2) is 48.6 Å². The second-order valence-corrected chi connectivity index (χ2v) is 3.13. The fraction of sp³-hybridized carbons (Fsp3) is 0.176. The van der Waals surface area contributed by atoms with Crippen LogP contribution in [-0.4, -0.2) is 26.7 Å². The fourth-order valence-corrected chi connectivity index (χ4v) is 1.18. The van der Waals surface area contributed by atoms with E-state index in [0.29, 0.717) is 6.42 Å². The van der Waals surface area contributed by atoms with Crippen molar-refractivity contribution in [2.75, 3.05) is 0 Å². The van der Waals surface area contributed by atoms with E-state index in [1.54, 1.807) is 0 Å². The van der Waals surface area contributed by atoms with E-state index in [4.69, 9.17) is 14.4 Å². The maximum atomic E-state index is 9.85. The Morgan fingerprint density at radius 3 is 1.86 bits per heavy atom. The minimum atomic E-state index is 0.